The van der Waals surface area contributed by atoms with E-state index in [0.717, 1.165) is 33.8 Å². The first-order valence-corrected chi connectivity index (χ1v) is 10.3. The summed E-state index contributed by atoms with van der Waals surface area (Å²) in [6, 6.07) is 22.9. The Morgan fingerprint density at radius 1 is 1.00 bits per heavy atom. The lowest BCUT2D eigenvalue weighted by Gasteiger charge is -2.03. The first kappa shape index (κ1) is 21.0. The second kappa shape index (κ2) is 9.69. The van der Waals surface area contributed by atoms with Crippen LogP contribution in [0.15, 0.2) is 84.1 Å². The van der Waals surface area contributed by atoms with Gasteiger partial charge in [0.15, 0.2) is 0 Å². The Kier molecular flexibility index (Phi) is 6.55. The zero-order valence-corrected chi connectivity index (χ0v) is 18.2. The molecule has 0 aliphatic carbocycles. The lowest BCUT2D eigenvalue weighted by atomic mass is 10.1. The van der Waals surface area contributed by atoms with Crippen LogP contribution >= 0.6 is 23.2 Å². The van der Waals surface area contributed by atoms with Gasteiger partial charge in [-0.1, -0.05) is 52.6 Å². The summed E-state index contributed by atoms with van der Waals surface area (Å²) in [5.41, 5.74) is 4.29. The highest BCUT2D eigenvalue weighted by Gasteiger charge is 2.11. The zero-order valence-electron chi connectivity index (χ0n) is 16.7. The summed E-state index contributed by atoms with van der Waals surface area (Å²) >= 11 is 12.1. The van der Waals surface area contributed by atoms with Gasteiger partial charge >= 0.3 is 0 Å². The van der Waals surface area contributed by atoms with Crippen LogP contribution in [0.1, 0.15) is 11.1 Å². The number of oxime groups is 1. The molecule has 5 nitrogen and oxygen atoms in total. The van der Waals surface area contributed by atoms with Gasteiger partial charge in [0, 0.05) is 32.9 Å². The maximum Gasteiger partial charge on any atom is 0.143 e. The van der Waals surface area contributed by atoms with Crippen LogP contribution in [0.3, 0.4) is 0 Å². The normalized spacial score (nSPS) is 11.1. The molecule has 0 saturated carbocycles. The molecule has 0 saturated heterocycles. The van der Waals surface area contributed by atoms with Crippen LogP contribution in [0.2, 0.25) is 10.0 Å². The smallest absolute Gasteiger partial charge is 0.143 e. The molecule has 0 aliphatic heterocycles. The molecule has 1 heterocycles. The fourth-order valence-corrected chi connectivity index (χ4v) is 3.47. The van der Waals surface area contributed by atoms with Gasteiger partial charge in [-0.2, -0.15) is 5.10 Å². The number of halogens is 2. The number of methoxy groups -OCH3 is 1. The Hall–Kier alpha value is -3.28. The molecule has 0 N–H and O–H groups in total. The molecule has 3 aromatic carbocycles. The quantitative estimate of drug-likeness (QED) is 0.241. The Morgan fingerprint density at radius 3 is 2.48 bits per heavy atom. The number of rotatable bonds is 7. The Bertz CT molecular complexity index is 1190. The van der Waals surface area contributed by atoms with Gasteiger partial charge < -0.3 is 9.57 Å². The van der Waals surface area contributed by atoms with Crippen LogP contribution in [0.4, 0.5) is 0 Å². The van der Waals surface area contributed by atoms with Crippen LogP contribution in [0.25, 0.3) is 16.9 Å². The van der Waals surface area contributed by atoms with E-state index >= 15 is 0 Å². The van der Waals surface area contributed by atoms with Gasteiger partial charge in [-0.3, -0.25) is 0 Å². The number of aromatic nitrogens is 2. The van der Waals surface area contributed by atoms with Crippen molar-refractivity contribution >= 4 is 29.4 Å². The van der Waals surface area contributed by atoms with E-state index in [-0.39, 0.29) is 6.61 Å². The summed E-state index contributed by atoms with van der Waals surface area (Å²) in [4.78, 5) is 5.47. The molecule has 1 aromatic heterocycles. The number of nitrogens with zero attached hydrogens (tertiary/aromatic N) is 3. The summed E-state index contributed by atoms with van der Waals surface area (Å²) < 4.78 is 7.07. The largest absolute Gasteiger partial charge is 0.497 e. The summed E-state index contributed by atoms with van der Waals surface area (Å²) in [5.74, 6) is 0.782. The molecule has 7 heteroatoms. The van der Waals surface area contributed by atoms with Crippen LogP contribution in [-0.4, -0.2) is 23.1 Å². The highest BCUT2D eigenvalue weighted by molar-refractivity contribution is 6.35. The van der Waals surface area contributed by atoms with Crippen LogP contribution in [0.5, 0.6) is 5.75 Å². The lowest BCUT2D eigenvalue weighted by molar-refractivity contribution is 0.132. The number of benzene rings is 3. The molecule has 0 spiro atoms. The van der Waals surface area contributed by atoms with Gasteiger partial charge in [-0.25, -0.2) is 4.68 Å². The van der Waals surface area contributed by atoms with Gasteiger partial charge in [-0.05, 0) is 48.5 Å². The minimum Gasteiger partial charge on any atom is -0.497 e. The average molecular weight is 452 g/mol. The molecule has 4 rings (SSSR count). The standard InChI is InChI=1S/C24H19Cl2N3O2/c1-30-22-11-8-17(9-12-22)24-19(15-29(28-24)21-5-3-2-4-6-21)14-27-31-16-18-7-10-20(25)13-23(18)26/h2-15H,16H2,1H3/b27-14+. The molecule has 0 aliphatic rings. The Labute approximate surface area is 190 Å². The molecule has 31 heavy (non-hydrogen) atoms. The third kappa shape index (κ3) is 5.08. The first-order chi connectivity index (χ1) is 15.1. The van der Waals surface area contributed by atoms with E-state index in [4.69, 9.17) is 37.9 Å². The van der Waals surface area contributed by atoms with Gasteiger partial charge in [0.05, 0.1) is 19.0 Å². The maximum atomic E-state index is 6.19. The zero-order chi connectivity index (χ0) is 21.6. The molecular formula is C24H19Cl2N3O2. The third-order valence-electron chi connectivity index (χ3n) is 4.63. The van der Waals surface area contributed by atoms with Crippen LogP contribution in [0, 0.1) is 0 Å². The fraction of sp³-hybridized carbons (Fsp3) is 0.0833. The summed E-state index contributed by atoms with van der Waals surface area (Å²) in [6.45, 7) is 0.233. The summed E-state index contributed by atoms with van der Waals surface area (Å²) in [5, 5.41) is 10.0. The van der Waals surface area contributed by atoms with Gasteiger partial charge in [0.25, 0.3) is 0 Å². The predicted molar refractivity (Wildman–Crippen MR) is 124 cm³/mol. The van der Waals surface area contributed by atoms with E-state index in [9.17, 15) is 0 Å². The third-order valence-corrected chi connectivity index (χ3v) is 5.22. The molecule has 0 fully saturated rings. The maximum absolute atomic E-state index is 6.19. The molecule has 0 unspecified atom stereocenters. The summed E-state index contributed by atoms with van der Waals surface area (Å²) in [6.07, 6.45) is 3.56. The van der Waals surface area contributed by atoms with E-state index in [0.29, 0.717) is 10.0 Å². The molecule has 156 valence electrons. The molecule has 0 atom stereocenters. The molecule has 4 aromatic rings. The predicted octanol–water partition coefficient (Wildman–Crippen LogP) is 6.41. The van der Waals surface area contributed by atoms with Crippen molar-refractivity contribution < 1.29 is 9.57 Å². The van der Waals surface area contributed by atoms with E-state index in [1.165, 1.54) is 0 Å². The molecule has 0 radical (unpaired) electrons. The average Bonchev–Trinajstić information content (AvgIpc) is 3.23. The molecule has 0 amide bonds. The number of hydrogen-bond acceptors (Lipinski definition) is 4. The topological polar surface area (TPSA) is 48.6 Å². The van der Waals surface area contributed by atoms with Crippen molar-refractivity contribution in [2.24, 2.45) is 5.16 Å². The molecule has 0 bridgehead atoms. The van der Waals surface area contributed by atoms with Crippen LogP contribution in [-0.2, 0) is 11.4 Å². The SMILES string of the molecule is COc1ccc(-c2nn(-c3ccccc3)cc2/C=N/OCc2ccc(Cl)cc2Cl)cc1. The van der Waals surface area contributed by atoms with Crippen molar-refractivity contribution in [3.63, 3.8) is 0 Å². The monoisotopic (exact) mass is 451 g/mol. The number of ether oxygens (including phenoxy) is 1. The highest BCUT2D eigenvalue weighted by Crippen LogP contribution is 2.25. The second-order valence-electron chi connectivity index (χ2n) is 6.69. The van der Waals surface area contributed by atoms with Crippen molar-refractivity contribution in [3.05, 3.63) is 100 Å². The fourth-order valence-electron chi connectivity index (χ4n) is 3.01. The van der Waals surface area contributed by atoms with Crippen molar-refractivity contribution in [1.82, 2.24) is 9.78 Å². The van der Waals surface area contributed by atoms with Gasteiger partial charge in [-0.15, -0.1) is 0 Å². The number of para-hydroxylation sites is 1. The Morgan fingerprint density at radius 2 is 1.77 bits per heavy atom. The van der Waals surface area contributed by atoms with Crippen molar-refractivity contribution in [3.8, 4) is 22.7 Å². The minimum atomic E-state index is 0.233. The molecular weight excluding hydrogens is 433 g/mol. The summed E-state index contributed by atoms with van der Waals surface area (Å²) in [7, 11) is 1.64. The van der Waals surface area contributed by atoms with E-state index in [1.807, 2.05) is 71.5 Å². The van der Waals surface area contributed by atoms with Gasteiger partial charge in [0.2, 0.25) is 0 Å². The lowest BCUT2D eigenvalue weighted by Crippen LogP contribution is -1.94. The van der Waals surface area contributed by atoms with E-state index < -0.39 is 0 Å². The van der Waals surface area contributed by atoms with E-state index in [1.54, 1.807) is 25.5 Å². The first-order valence-electron chi connectivity index (χ1n) is 9.53. The number of hydrogen-bond donors (Lipinski definition) is 0. The van der Waals surface area contributed by atoms with Crippen molar-refractivity contribution in [2.45, 2.75) is 6.61 Å². The second-order valence-corrected chi connectivity index (χ2v) is 7.53. The van der Waals surface area contributed by atoms with Crippen molar-refractivity contribution in [2.75, 3.05) is 7.11 Å². The van der Waals surface area contributed by atoms with Crippen molar-refractivity contribution in [1.29, 1.82) is 0 Å². The van der Waals surface area contributed by atoms with Crippen LogP contribution < -0.4 is 4.74 Å². The Balaban J connectivity index is 1.59. The van der Waals surface area contributed by atoms with Gasteiger partial charge in [0.1, 0.15) is 18.1 Å². The minimum absolute atomic E-state index is 0.233. The van der Waals surface area contributed by atoms with E-state index in [2.05, 4.69) is 5.16 Å². The highest BCUT2D eigenvalue weighted by atomic mass is 35.5.